The van der Waals surface area contributed by atoms with Crippen LogP contribution in [0.1, 0.15) is 32.6 Å². The number of nitrogens with one attached hydrogen (secondary N) is 1. The Bertz CT molecular complexity index is 576. The van der Waals surface area contributed by atoms with Crippen LogP contribution in [0, 0.1) is 0 Å². The molecule has 0 aliphatic carbocycles. The summed E-state index contributed by atoms with van der Waals surface area (Å²) >= 11 is 0. The number of para-hydroxylation sites is 2. The molecule has 0 saturated heterocycles. The van der Waals surface area contributed by atoms with Gasteiger partial charge in [0, 0.05) is 25.6 Å². The van der Waals surface area contributed by atoms with E-state index in [2.05, 4.69) is 20.9 Å². The molecule has 1 heterocycles. The smallest absolute Gasteiger partial charge is 0.219 e. The maximum absolute atomic E-state index is 11.6. The Morgan fingerprint density at radius 2 is 2.19 bits per heavy atom. The maximum Gasteiger partial charge on any atom is 0.219 e. The highest BCUT2D eigenvalue weighted by atomic mass is 16.1. The highest BCUT2D eigenvalue weighted by molar-refractivity contribution is 5.76. The summed E-state index contributed by atoms with van der Waals surface area (Å²) in [7, 11) is 0. The van der Waals surface area contributed by atoms with Crippen LogP contribution >= 0.6 is 0 Å². The zero-order valence-corrected chi connectivity index (χ0v) is 12.6. The first-order chi connectivity index (χ1) is 10.2. The third-order valence-corrected chi connectivity index (χ3v) is 3.49. The summed E-state index contributed by atoms with van der Waals surface area (Å²) in [6.07, 6.45) is 5.08. The van der Waals surface area contributed by atoms with Crippen LogP contribution in [0.4, 0.5) is 0 Å². The Hall–Kier alpha value is -1.88. The fraction of sp³-hybridized carbons (Fsp3) is 0.500. The molecule has 5 heteroatoms. The summed E-state index contributed by atoms with van der Waals surface area (Å²) in [5, 5.41) is 2.95. The number of aryl methyl sites for hydroxylation is 1. The molecule has 21 heavy (non-hydrogen) atoms. The molecule has 0 fully saturated rings. The second-order valence-corrected chi connectivity index (χ2v) is 5.50. The monoisotopic (exact) mass is 288 g/mol. The zero-order chi connectivity index (χ0) is 15.1. The van der Waals surface area contributed by atoms with E-state index in [9.17, 15) is 4.79 Å². The van der Waals surface area contributed by atoms with E-state index in [-0.39, 0.29) is 11.9 Å². The third-order valence-electron chi connectivity index (χ3n) is 3.49. The van der Waals surface area contributed by atoms with Crippen LogP contribution in [0.3, 0.4) is 0 Å². The summed E-state index contributed by atoms with van der Waals surface area (Å²) in [4.78, 5) is 16.0. The third kappa shape index (κ3) is 4.86. The van der Waals surface area contributed by atoms with Gasteiger partial charge in [-0.2, -0.15) is 0 Å². The highest BCUT2D eigenvalue weighted by Gasteiger charge is 2.03. The van der Waals surface area contributed by atoms with Crippen molar-refractivity contribution < 1.29 is 4.79 Å². The summed E-state index contributed by atoms with van der Waals surface area (Å²) in [6, 6.07) is 8.25. The number of nitrogens with zero attached hydrogens (tertiary/aromatic N) is 2. The van der Waals surface area contributed by atoms with E-state index in [0.29, 0.717) is 13.0 Å². The molecule has 0 bridgehead atoms. The molecule has 0 spiro atoms. The second-order valence-electron chi connectivity index (χ2n) is 5.50. The molecule has 0 aliphatic rings. The Labute approximate surface area is 125 Å². The minimum atomic E-state index is 0.117. The van der Waals surface area contributed by atoms with E-state index in [1.165, 1.54) is 0 Å². The van der Waals surface area contributed by atoms with E-state index in [1.807, 2.05) is 31.5 Å². The molecule has 1 aromatic carbocycles. The number of hydrogen-bond acceptors (Lipinski definition) is 3. The highest BCUT2D eigenvalue weighted by Crippen LogP contribution is 2.11. The van der Waals surface area contributed by atoms with Gasteiger partial charge in [-0.05, 0) is 38.3 Å². The Kier molecular flexibility index (Phi) is 5.75. The molecule has 0 radical (unpaired) electrons. The van der Waals surface area contributed by atoms with E-state index < -0.39 is 0 Å². The van der Waals surface area contributed by atoms with Crippen molar-refractivity contribution in [1.29, 1.82) is 0 Å². The molecule has 0 saturated carbocycles. The number of hydrogen-bond donors (Lipinski definition) is 2. The topological polar surface area (TPSA) is 72.9 Å². The summed E-state index contributed by atoms with van der Waals surface area (Å²) in [6.45, 7) is 3.53. The number of amides is 1. The molecule has 3 N–H and O–H groups in total. The maximum atomic E-state index is 11.6. The van der Waals surface area contributed by atoms with Crippen LogP contribution in [-0.4, -0.2) is 28.0 Å². The number of rotatable bonds is 8. The van der Waals surface area contributed by atoms with Crippen LogP contribution in [-0.2, 0) is 11.3 Å². The summed E-state index contributed by atoms with van der Waals surface area (Å²) in [5.74, 6) is 0.117. The number of carbonyl (C=O) groups is 1. The Morgan fingerprint density at radius 3 is 3.00 bits per heavy atom. The molecule has 5 nitrogen and oxygen atoms in total. The SMILES string of the molecule is CC(N)CCCC(=O)NCCCn1cnc2ccccc21. The molecule has 0 aliphatic heterocycles. The summed E-state index contributed by atoms with van der Waals surface area (Å²) in [5.41, 5.74) is 7.81. The van der Waals surface area contributed by atoms with Crippen molar-refractivity contribution in [3.63, 3.8) is 0 Å². The normalized spacial score (nSPS) is 12.5. The van der Waals surface area contributed by atoms with E-state index >= 15 is 0 Å². The van der Waals surface area contributed by atoms with Crippen LogP contribution in [0.2, 0.25) is 0 Å². The average molecular weight is 288 g/mol. The standard InChI is InChI=1S/C16H24N4O/c1-13(17)6-4-9-16(21)18-10-5-11-20-12-19-14-7-2-3-8-15(14)20/h2-3,7-8,12-13H,4-6,9-11,17H2,1H3,(H,18,21). The lowest BCUT2D eigenvalue weighted by molar-refractivity contribution is -0.121. The number of nitrogens with two attached hydrogens (primary N) is 1. The largest absolute Gasteiger partial charge is 0.356 e. The van der Waals surface area contributed by atoms with Gasteiger partial charge >= 0.3 is 0 Å². The summed E-state index contributed by atoms with van der Waals surface area (Å²) < 4.78 is 2.12. The van der Waals surface area contributed by atoms with Gasteiger partial charge in [0.2, 0.25) is 5.91 Å². The van der Waals surface area contributed by atoms with Crippen LogP contribution < -0.4 is 11.1 Å². The number of carbonyl (C=O) groups excluding carboxylic acids is 1. The van der Waals surface area contributed by atoms with Crippen LogP contribution in [0.15, 0.2) is 30.6 Å². The predicted octanol–water partition coefficient (Wildman–Crippen LogP) is 2.06. The first kappa shape index (κ1) is 15.5. The fourth-order valence-electron chi connectivity index (χ4n) is 2.34. The minimum Gasteiger partial charge on any atom is -0.356 e. The fourth-order valence-corrected chi connectivity index (χ4v) is 2.34. The van der Waals surface area contributed by atoms with Gasteiger partial charge in [-0.3, -0.25) is 4.79 Å². The lowest BCUT2D eigenvalue weighted by Crippen LogP contribution is -2.25. The van der Waals surface area contributed by atoms with Crippen LogP contribution in [0.5, 0.6) is 0 Å². The quantitative estimate of drug-likeness (QED) is 0.730. The molecule has 2 rings (SSSR count). The lowest BCUT2D eigenvalue weighted by Gasteiger charge is -2.07. The predicted molar refractivity (Wildman–Crippen MR) is 84.9 cm³/mol. The van der Waals surface area contributed by atoms with Gasteiger partial charge in [-0.1, -0.05) is 12.1 Å². The van der Waals surface area contributed by atoms with Gasteiger partial charge in [0.1, 0.15) is 0 Å². The second kappa shape index (κ2) is 7.78. The van der Waals surface area contributed by atoms with Crippen molar-refractivity contribution in [2.24, 2.45) is 5.73 Å². The van der Waals surface area contributed by atoms with Crippen molar-refractivity contribution >= 4 is 16.9 Å². The van der Waals surface area contributed by atoms with Crippen LogP contribution in [0.25, 0.3) is 11.0 Å². The number of benzene rings is 1. The van der Waals surface area contributed by atoms with Gasteiger partial charge in [0.25, 0.3) is 0 Å². The molecular formula is C16H24N4O. The first-order valence-electron chi connectivity index (χ1n) is 7.59. The van der Waals surface area contributed by atoms with Crippen molar-refractivity contribution in [1.82, 2.24) is 14.9 Å². The van der Waals surface area contributed by atoms with E-state index in [1.54, 1.807) is 0 Å². The molecule has 1 amide bonds. The van der Waals surface area contributed by atoms with Crippen molar-refractivity contribution in [3.05, 3.63) is 30.6 Å². The first-order valence-corrected chi connectivity index (χ1v) is 7.59. The molecule has 1 atom stereocenters. The number of fused-ring (bicyclic) bond motifs is 1. The lowest BCUT2D eigenvalue weighted by atomic mass is 10.1. The van der Waals surface area contributed by atoms with Crippen molar-refractivity contribution in [2.75, 3.05) is 6.54 Å². The molecule has 1 unspecified atom stereocenters. The minimum absolute atomic E-state index is 0.117. The molecule has 1 aromatic heterocycles. The van der Waals surface area contributed by atoms with Crippen molar-refractivity contribution in [2.45, 2.75) is 45.2 Å². The van der Waals surface area contributed by atoms with Gasteiger partial charge < -0.3 is 15.6 Å². The molecular weight excluding hydrogens is 264 g/mol. The number of imidazole rings is 1. The Balaban J connectivity index is 1.67. The van der Waals surface area contributed by atoms with Gasteiger partial charge in [-0.15, -0.1) is 0 Å². The zero-order valence-electron chi connectivity index (χ0n) is 12.6. The average Bonchev–Trinajstić information content (AvgIpc) is 2.86. The van der Waals surface area contributed by atoms with Crippen molar-refractivity contribution in [3.8, 4) is 0 Å². The van der Waals surface area contributed by atoms with E-state index in [0.717, 1.165) is 36.8 Å². The van der Waals surface area contributed by atoms with Gasteiger partial charge in [-0.25, -0.2) is 4.98 Å². The Morgan fingerprint density at radius 1 is 1.38 bits per heavy atom. The van der Waals surface area contributed by atoms with Gasteiger partial charge in [0.15, 0.2) is 0 Å². The molecule has 114 valence electrons. The van der Waals surface area contributed by atoms with Gasteiger partial charge in [0.05, 0.1) is 17.4 Å². The van der Waals surface area contributed by atoms with E-state index in [4.69, 9.17) is 5.73 Å². The molecule has 2 aromatic rings. The number of aromatic nitrogens is 2.